The topological polar surface area (TPSA) is 62.6 Å². The van der Waals surface area contributed by atoms with Crippen LogP contribution in [-0.2, 0) is 11.3 Å². The van der Waals surface area contributed by atoms with E-state index in [1.807, 2.05) is 56.4 Å². The van der Waals surface area contributed by atoms with Gasteiger partial charge in [-0.2, -0.15) is 0 Å². The Bertz CT molecular complexity index is 956. The van der Waals surface area contributed by atoms with Gasteiger partial charge in [0.05, 0.1) is 7.05 Å². The Balaban J connectivity index is 1.83. The smallest absolute Gasteiger partial charge is 0.321 e. The van der Waals surface area contributed by atoms with E-state index in [2.05, 4.69) is 41.0 Å². The molecule has 0 saturated carbocycles. The van der Waals surface area contributed by atoms with Crippen LogP contribution in [0.15, 0.2) is 72.8 Å². The predicted octanol–water partition coefficient (Wildman–Crippen LogP) is 2.44. The molecule has 0 bridgehead atoms. The van der Waals surface area contributed by atoms with E-state index in [1.165, 1.54) is 10.8 Å². The van der Waals surface area contributed by atoms with E-state index in [9.17, 15) is 9.59 Å². The molecule has 5 heteroatoms. The zero-order valence-corrected chi connectivity index (χ0v) is 16.2. The maximum atomic E-state index is 12.9. The highest BCUT2D eigenvalue weighted by Gasteiger charge is 2.30. The van der Waals surface area contributed by atoms with Gasteiger partial charge in [-0.05, 0) is 23.8 Å². The fourth-order valence-electron chi connectivity index (χ4n) is 3.47. The molecule has 0 aliphatic carbocycles. The molecule has 0 saturated heterocycles. The minimum atomic E-state index is -0.490. The molecule has 3 rings (SSSR count). The lowest BCUT2D eigenvalue weighted by Crippen LogP contribution is -3.09. The number of nitrogens with one attached hydrogen (secondary N) is 3. The summed E-state index contributed by atoms with van der Waals surface area (Å²) in [5.74, 6) is -0.310. The fourth-order valence-corrected chi connectivity index (χ4v) is 3.47. The molecule has 3 amide bonds. The Hall–Kier alpha value is -3.18. The molecule has 0 aliphatic heterocycles. The number of imide groups is 1. The molecule has 3 aromatic carbocycles. The first kappa shape index (κ1) is 19.6. The van der Waals surface area contributed by atoms with E-state index in [4.69, 9.17) is 0 Å². The van der Waals surface area contributed by atoms with Crippen LogP contribution in [0.25, 0.3) is 10.8 Å². The summed E-state index contributed by atoms with van der Waals surface area (Å²) in [5, 5.41) is 7.45. The van der Waals surface area contributed by atoms with Gasteiger partial charge in [0, 0.05) is 17.7 Å². The van der Waals surface area contributed by atoms with Crippen LogP contribution in [0.5, 0.6) is 0 Å². The molecular formula is C23H26N3O2+. The van der Waals surface area contributed by atoms with Crippen LogP contribution in [-0.4, -0.2) is 25.5 Å². The van der Waals surface area contributed by atoms with E-state index in [-0.39, 0.29) is 5.91 Å². The Morgan fingerprint density at radius 3 is 2.32 bits per heavy atom. The average Bonchev–Trinajstić information content (AvgIpc) is 2.69. The van der Waals surface area contributed by atoms with Crippen molar-refractivity contribution in [2.45, 2.75) is 19.5 Å². The number of amides is 3. The van der Waals surface area contributed by atoms with Crippen molar-refractivity contribution in [3.8, 4) is 0 Å². The highest BCUT2D eigenvalue weighted by Crippen LogP contribution is 2.16. The summed E-state index contributed by atoms with van der Waals surface area (Å²) in [6.45, 7) is 2.94. The normalized spacial score (nSPS) is 12.9. The van der Waals surface area contributed by atoms with Crippen molar-refractivity contribution in [3.63, 3.8) is 0 Å². The maximum Gasteiger partial charge on any atom is 0.321 e. The van der Waals surface area contributed by atoms with Crippen LogP contribution in [0.3, 0.4) is 0 Å². The summed E-state index contributed by atoms with van der Waals surface area (Å²) >= 11 is 0. The van der Waals surface area contributed by atoms with E-state index in [0.29, 0.717) is 13.1 Å². The molecule has 5 nitrogen and oxygen atoms in total. The third-order valence-electron chi connectivity index (χ3n) is 4.76. The van der Waals surface area contributed by atoms with Crippen molar-refractivity contribution in [2.24, 2.45) is 0 Å². The summed E-state index contributed by atoms with van der Waals surface area (Å²) in [6.07, 6.45) is 0. The third-order valence-corrected chi connectivity index (χ3v) is 4.76. The number of quaternary nitrogens is 1. The molecule has 0 radical (unpaired) electrons. The lowest BCUT2D eigenvalue weighted by molar-refractivity contribution is -0.916. The molecule has 0 spiro atoms. The summed E-state index contributed by atoms with van der Waals surface area (Å²) in [6, 6.07) is 23.2. The molecule has 3 aromatic rings. The van der Waals surface area contributed by atoms with Crippen molar-refractivity contribution in [1.29, 1.82) is 0 Å². The van der Waals surface area contributed by atoms with Crippen LogP contribution < -0.4 is 15.5 Å². The number of carbonyl (C=O) groups excluding carboxylic acids is 2. The first-order valence-corrected chi connectivity index (χ1v) is 9.52. The van der Waals surface area contributed by atoms with Gasteiger partial charge in [-0.25, -0.2) is 4.79 Å². The second kappa shape index (κ2) is 9.15. The summed E-state index contributed by atoms with van der Waals surface area (Å²) in [5.41, 5.74) is 2.02. The van der Waals surface area contributed by atoms with Gasteiger partial charge in [-0.15, -0.1) is 0 Å². The van der Waals surface area contributed by atoms with E-state index in [0.717, 1.165) is 16.0 Å². The molecule has 0 aliphatic rings. The molecule has 0 fully saturated rings. The number of urea groups is 1. The van der Waals surface area contributed by atoms with Gasteiger partial charge in [-0.1, -0.05) is 66.7 Å². The number of fused-ring (bicyclic) bond motifs is 1. The minimum Gasteiger partial charge on any atom is -0.338 e. The molecule has 28 heavy (non-hydrogen) atoms. The van der Waals surface area contributed by atoms with Crippen LogP contribution in [0, 0.1) is 0 Å². The van der Waals surface area contributed by atoms with Crippen molar-refractivity contribution in [2.75, 3.05) is 13.6 Å². The van der Waals surface area contributed by atoms with Gasteiger partial charge in [0.2, 0.25) is 0 Å². The zero-order chi connectivity index (χ0) is 19.9. The number of rotatable bonds is 6. The predicted molar refractivity (Wildman–Crippen MR) is 111 cm³/mol. The quantitative estimate of drug-likeness (QED) is 0.619. The van der Waals surface area contributed by atoms with E-state index < -0.39 is 12.1 Å². The number of likely N-dealkylation sites (N-methyl/N-ethyl adjacent to an activating group) is 1. The summed E-state index contributed by atoms with van der Waals surface area (Å²) in [4.78, 5) is 25.7. The average molecular weight is 376 g/mol. The van der Waals surface area contributed by atoms with Crippen molar-refractivity contribution in [1.82, 2.24) is 10.6 Å². The first-order valence-electron chi connectivity index (χ1n) is 9.52. The molecule has 0 heterocycles. The lowest BCUT2D eigenvalue weighted by atomic mass is 10.0. The first-order chi connectivity index (χ1) is 13.6. The van der Waals surface area contributed by atoms with Crippen LogP contribution in [0.2, 0.25) is 0 Å². The van der Waals surface area contributed by atoms with Gasteiger partial charge >= 0.3 is 6.03 Å². The van der Waals surface area contributed by atoms with Gasteiger partial charge in [0.1, 0.15) is 6.54 Å². The summed E-state index contributed by atoms with van der Waals surface area (Å²) < 4.78 is 0. The zero-order valence-electron chi connectivity index (χ0n) is 16.2. The molecular weight excluding hydrogens is 350 g/mol. The van der Waals surface area contributed by atoms with E-state index in [1.54, 1.807) is 0 Å². The highest BCUT2D eigenvalue weighted by molar-refractivity contribution is 5.96. The third kappa shape index (κ3) is 4.75. The molecule has 3 N–H and O–H groups in total. The SMILES string of the molecule is CCNC(=O)NC(=O)[C@H](c1ccccc1)[NH+](C)Cc1ccc2ccccc2c1. The maximum absolute atomic E-state index is 12.9. The Labute approximate surface area is 165 Å². The van der Waals surface area contributed by atoms with Crippen LogP contribution in [0.1, 0.15) is 24.1 Å². The number of hydrogen-bond donors (Lipinski definition) is 3. The monoisotopic (exact) mass is 376 g/mol. The second-order valence-corrected chi connectivity index (χ2v) is 6.90. The largest absolute Gasteiger partial charge is 0.338 e. The van der Waals surface area contributed by atoms with Crippen LogP contribution >= 0.6 is 0 Å². The molecule has 1 unspecified atom stereocenters. The minimum absolute atomic E-state index is 0.310. The fraction of sp³-hybridized carbons (Fsp3) is 0.217. The Morgan fingerprint density at radius 1 is 0.929 bits per heavy atom. The van der Waals surface area contributed by atoms with E-state index >= 15 is 0 Å². The van der Waals surface area contributed by atoms with Crippen LogP contribution in [0.4, 0.5) is 4.79 Å². The molecule has 0 aromatic heterocycles. The summed E-state index contributed by atoms with van der Waals surface area (Å²) in [7, 11) is 1.98. The standard InChI is InChI=1S/C23H25N3O2/c1-3-24-23(28)25-22(27)21(19-10-5-4-6-11-19)26(2)16-17-13-14-18-9-7-8-12-20(18)15-17/h4-15,21H,3,16H2,1-2H3,(H2,24,25,27,28)/p+1/t21-/m0/s1. The van der Waals surface area contributed by atoms with Gasteiger partial charge in [0.25, 0.3) is 5.91 Å². The highest BCUT2D eigenvalue weighted by atomic mass is 16.2. The van der Waals surface area contributed by atoms with Crippen molar-refractivity contribution in [3.05, 3.63) is 83.9 Å². The van der Waals surface area contributed by atoms with Gasteiger partial charge in [-0.3, -0.25) is 10.1 Å². The molecule has 2 atom stereocenters. The molecule has 144 valence electrons. The second-order valence-electron chi connectivity index (χ2n) is 6.90. The van der Waals surface area contributed by atoms with Gasteiger partial charge < -0.3 is 10.2 Å². The number of benzene rings is 3. The van der Waals surface area contributed by atoms with Gasteiger partial charge in [0.15, 0.2) is 6.04 Å². The van der Waals surface area contributed by atoms with Crippen molar-refractivity contribution >= 4 is 22.7 Å². The van der Waals surface area contributed by atoms with Crippen molar-refractivity contribution < 1.29 is 14.5 Å². The Kier molecular flexibility index (Phi) is 6.40. The number of carbonyl (C=O) groups is 2. The number of hydrogen-bond acceptors (Lipinski definition) is 2. The lowest BCUT2D eigenvalue weighted by Gasteiger charge is -2.24. The Morgan fingerprint density at radius 2 is 1.61 bits per heavy atom.